The minimum atomic E-state index is -3.66. The number of hydrogen-bond acceptors (Lipinski definition) is 6. The summed E-state index contributed by atoms with van der Waals surface area (Å²) in [6.45, 7) is 1.62. The Morgan fingerprint density at radius 2 is 1.82 bits per heavy atom. The summed E-state index contributed by atoms with van der Waals surface area (Å²) in [5.74, 6) is -0.852. The van der Waals surface area contributed by atoms with Crippen LogP contribution in [0.3, 0.4) is 0 Å². The fourth-order valence-electron chi connectivity index (χ4n) is 3.87. The van der Waals surface area contributed by atoms with Crippen molar-refractivity contribution in [2.75, 3.05) is 29.7 Å². The summed E-state index contributed by atoms with van der Waals surface area (Å²) < 4.78 is 71.6. The lowest BCUT2D eigenvalue weighted by molar-refractivity contribution is 0.116. The molecule has 3 aromatic rings. The quantitative estimate of drug-likeness (QED) is 0.415. The number of sulfonamides is 1. The molecule has 1 aliphatic heterocycles. The van der Waals surface area contributed by atoms with E-state index >= 15 is 0 Å². The topological polar surface area (TPSA) is 79.5 Å². The molecule has 1 atom stereocenters. The van der Waals surface area contributed by atoms with E-state index in [1.54, 1.807) is 48.5 Å². The highest BCUT2D eigenvalue weighted by atomic mass is 32.2. The largest absolute Gasteiger partial charge is 0.415 e. The van der Waals surface area contributed by atoms with E-state index in [2.05, 4.69) is 10.2 Å². The van der Waals surface area contributed by atoms with Gasteiger partial charge in [-0.05, 0) is 49.2 Å². The molecule has 1 fully saturated rings. The number of anilines is 1. The van der Waals surface area contributed by atoms with Crippen LogP contribution in [0.1, 0.15) is 30.7 Å². The Morgan fingerprint density at radius 3 is 2.44 bits per heavy atom. The molecule has 1 saturated heterocycles. The minimum Gasteiger partial charge on any atom is -0.415 e. The number of para-hydroxylation sites is 1. The average molecular weight is 495 g/mol. The lowest BCUT2D eigenvalue weighted by atomic mass is 10.1. The fraction of sp³-hybridized carbons (Fsp3) is 0.391. The maximum Gasteiger partial charge on any atom is 0.314 e. The van der Waals surface area contributed by atoms with E-state index in [4.69, 9.17) is 4.42 Å². The first-order valence-electron chi connectivity index (χ1n) is 10.9. The molecule has 0 N–H and O–H groups in total. The maximum atomic E-state index is 13.4. The van der Waals surface area contributed by atoms with E-state index in [9.17, 15) is 21.6 Å². The predicted molar refractivity (Wildman–Crippen MR) is 122 cm³/mol. The van der Waals surface area contributed by atoms with Crippen molar-refractivity contribution >= 4 is 15.7 Å². The lowest BCUT2D eigenvalue weighted by Gasteiger charge is -2.25. The minimum absolute atomic E-state index is 0.0354. The van der Waals surface area contributed by atoms with Crippen LogP contribution >= 0.6 is 0 Å². The molecule has 0 aliphatic carbocycles. The molecule has 7 nitrogen and oxygen atoms in total. The van der Waals surface area contributed by atoms with Crippen LogP contribution in [0.15, 0.2) is 59.0 Å². The molecule has 11 heteroatoms. The van der Waals surface area contributed by atoms with E-state index in [0.717, 1.165) is 0 Å². The molecular weight excluding hydrogens is 469 g/mol. The summed E-state index contributed by atoms with van der Waals surface area (Å²) in [5.41, 5.74) is 1.69. The molecule has 0 saturated carbocycles. The van der Waals surface area contributed by atoms with Gasteiger partial charge < -0.3 is 9.32 Å². The van der Waals surface area contributed by atoms with E-state index in [1.165, 1.54) is 4.31 Å². The second kappa shape index (κ2) is 10.6. The van der Waals surface area contributed by atoms with Crippen LogP contribution in [0.2, 0.25) is 0 Å². The van der Waals surface area contributed by atoms with Gasteiger partial charge in [-0.3, -0.25) is 4.31 Å². The van der Waals surface area contributed by atoms with Crippen molar-refractivity contribution in [3.8, 4) is 11.5 Å². The Bertz CT molecular complexity index is 1170. The third-order valence-electron chi connectivity index (χ3n) is 5.63. The standard InChI is InChI=1S/C23H25F3N4O3S/c24-19-11-13-29(16-19)12-4-14-34(31,32)30(20-5-2-1-3-6-20)15-17-7-9-18(10-8-17)22-27-28-23(33-22)21(25)26/h1-3,5-10,19,21H,4,11-16H2/t19-/m0/s1. The molecule has 0 amide bonds. The zero-order valence-electron chi connectivity index (χ0n) is 18.4. The van der Waals surface area contributed by atoms with Gasteiger partial charge in [-0.15, -0.1) is 10.2 Å². The summed E-state index contributed by atoms with van der Waals surface area (Å²) in [7, 11) is -3.66. The Hall–Kier alpha value is -2.92. The summed E-state index contributed by atoms with van der Waals surface area (Å²) in [6, 6.07) is 15.4. The Balaban J connectivity index is 1.47. The van der Waals surface area contributed by atoms with Gasteiger partial charge in [-0.2, -0.15) is 8.78 Å². The van der Waals surface area contributed by atoms with Gasteiger partial charge in [-0.25, -0.2) is 12.8 Å². The highest BCUT2D eigenvalue weighted by Crippen LogP contribution is 2.26. The molecule has 1 aliphatic rings. The first-order valence-corrected chi connectivity index (χ1v) is 12.6. The first kappa shape index (κ1) is 24.2. The number of halogens is 3. The number of aromatic nitrogens is 2. The van der Waals surface area contributed by atoms with Crippen LogP contribution in [-0.2, 0) is 16.6 Å². The molecule has 0 spiro atoms. The van der Waals surface area contributed by atoms with E-state index in [0.29, 0.717) is 49.3 Å². The second-order valence-electron chi connectivity index (χ2n) is 8.14. The summed E-state index contributed by atoms with van der Waals surface area (Å²) in [6.07, 6.45) is -2.80. The predicted octanol–water partition coefficient (Wildman–Crippen LogP) is 4.44. The van der Waals surface area contributed by atoms with Gasteiger partial charge in [0.2, 0.25) is 15.9 Å². The smallest absolute Gasteiger partial charge is 0.314 e. The molecule has 2 heterocycles. The van der Waals surface area contributed by atoms with Gasteiger partial charge in [0.05, 0.1) is 18.0 Å². The monoisotopic (exact) mass is 494 g/mol. The molecule has 0 bridgehead atoms. The van der Waals surface area contributed by atoms with Gasteiger partial charge in [0.15, 0.2) is 0 Å². The number of alkyl halides is 3. The third kappa shape index (κ3) is 5.95. The van der Waals surface area contributed by atoms with Crippen molar-refractivity contribution < 1.29 is 26.0 Å². The van der Waals surface area contributed by atoms with Gasteiger partial charge in [0.25, 0.3) is 5.89 Å². The fourth-order valence-corrected chi connectivity index (χ4v) is 5.37. The molecule has 4 rings (SSSR count). The highest BCUT2D eigenvalue weighted by Gasteiger charge is 2.25. The second-order valence-corrected chi connectivity index (χ2v) is 10.2. The van der Waals surface area contributed by atoms with Crippen molar-refractivity contribution in [2.45, 2.75) is 32.0 Å². The van der Waals surface area contributed by atoms with Crippen LogP contribution in [-0.4, -0.2) is 55.1 Å². The first-order chi connectivity index (χ1) is 16.3. The zero-order chi connectivity index (χ0) is 24.1. The van der Waals surface area contributed by atoms with Crippen molar-refractivity contribution in [3.63, 3.8) is 0 Å². The van der Waals surface area contributed by atoms with Crippen LogP contribution in [0.5, 0.6) is 0 Å². The lowest BCUT2D eigenvalue weighted by Crippen LogP contribution is -2.34. The van der Waals surface area contributed by atoms with Crippen molar-refractivity contribution in [2.24, 2.45) is 0 Å². The van der Waals surface area contributed by atoms with Gasteiger partial charge >= 0.3 is 6.43 Å². The summed E-state index contributed by atoms with van der Waals surface area (Å²) in [5, 5.41) is 6.94. The van der Waals surface area contributed by atoms with Crippen molar-refractivity contribution in [1.82, 2.24) is 15.1 Å². The SMILES string of the molecule is O=S(=O)(CCCN1CC[C@H](F)C1)N(Cc1ccc(-c2nnc(C(F)F)o2)cc1)c1ccccc1. The zero-order valence-corrected chi connectivity index (χ0v) is 19.2. The normalized spacial score (nSPS) is 16.9. The molecular formula is C23H25F3N4O3S. The Morgan fingerprint density at radius 1 is 1.09 bits per heavy atom. The van der Waals surface area contributed by atoms with Gasteiger partial charge in [0.1, 0.15) is 6.17 Å². The summed E-state index contributed by atoms with van der Waals surface area (Å²) >= 11 is 0. The molecule has 0 radical (unpaired) electrons. The van der Waals surface area contributed by atoms with Gasteiger partial charge in [-0.1, -0.05) is 30.3 Å². The maximum absolute atomic E-state index is 13.4. The number of rotatable bonds is 10. The average Bonchev–Trinajstić information content (AvgIpc) is 3.48. The van der Waals surface area contributed by atoms with E-state index in [-0.39, 0.29) is 18.2 Å². The van der Waals surface area contributed by atoms with E-state index in [1.807, 2.05) is 11.0 Å². The highest BCUT2D eigenvalue weighted by molar-refractivity contribution is 7.92. The van der Waals surface area contributed by atoms with Gasteiger partial charge in [0, 0.05) is 18.7 Å². The van der Waals surface area contributed by atoms with Crippen LogP contribution in [0.4, 0.5) is 18.9 Å². The Labute approximate surface area is 196 Å². The molecule has 1 aromatic heterocycles. The van der Waals surface area contributed by atoms with E-state index < -0.39 is 28.5 Å². The Kier molecular flexibility index (Phi) is 7.52. The number of likely N-dealkylation sites (tertiary alicyclic amines) is 1. The third-order valence-corrected chi connectivity index (χ3v) is 7.44. The molecule has 182 valence electrons. The van der Waals surface area contributed by atoms with Crippen LogP contribution in [0, 0.1) is 0 Å². The number of nitrogens with zero attached hydrogens (tertiary/aromatic N) is 4. The number of hydrogen-bond donors (Lipinski definition) is 0. The van der Waals surface area contributed by atoms with Crippen LogP contribution < -0.4 is 4.31 Å². The summed E-state index contributed by atoms with van der Waals surface area (Å²) in [4.78, 5) is 1.95. The van der Waals surface area contributed by atoms with Crippen molar-refractivity contribution in [3.05, 3.63) is 66.1 Å². The number of benzene rings is 2. The molecule has 2 aromatic carbocycles. The van der Waals surface area contributed by atoms with Crippen molar-refractivity contribution in [1.29, 1.82) is 0 Å². The molecule has 0 unspecified atom stereocenters. The molecule has 34 heavy (non-hydrogen) atoms. The van der Waals surface area contributed by atoms with Crippen LogP contribution in [0.25, 0.3) is 11.5 Å².